The highest BCUT2D eigenvalue weighted by molar-refractivity contribution is 5.75. The van der Waals surface area contributed by atoms with Crippen molar-refractivity contribution in [2.75, 3.05) is 31.6 Å². The number of carbonyl (C=O) groups is 1. The van der Waals surface area contributed by atoms with Crippen LogP contribution in [-0.4, -0.2) is 62.7 Å². The van der Waals surface area contributed by atoms with Gasteiger partial charge in [-0.25, -0.2) is 9.97 Å². The fraction of sp³-hybridized carbons (Fsp3) is 0.526. The van der Waals surface area contributed by atoms with E-state index in [1.165, 1.54) is 0 Å². The topological polar surface area (TPSA) is 74.5 Å². The van der Waals surface area contributed by atoms with Crippen LogP contribution in [0.4, 0.5) is 5.82 Å². The summed E-state index contributed by atoms with van der Waals surface area (Å²) in [6.45, 7) is 3.92. The molecule has 7 nitrogen and oxygen atoms in total. The van der Waals surface area contributed by atoms with Crippen molar-refractivity contribution >= 4 is 11.7 Å². The van der Waals surface area contributed by atoms with E-state index in [1.54, 1.807) is 24.3 Å². The van der Waals surface area contributed by atoms with Gasteiger partial charge in [0, 0.05) is 45.1 Å². The Hall–Kier alpha value is -2.41. The maximum atomic E-state index is 12.6. The van der Waals surface area contributed by atoms with Crippen molar-refractivity contribution < 1.29 is 9.90 Å². The number of carbonyl (C=O) groups excluding carboxylic acids is 1. The third-order valence-corrected chi connectivity index (χ3v) is 4.91. The third kappa shape index (κ3) is 4.22. The molecule has 0 bridgehead atoms. The molecule has 26 heavy (non-hydrogen) atoms. The Balaban J connectivity index is 1.62. The monoisotopic (exact) mass is 357 g/mol. The van der Waals surface area contributed by atoms with Crippen LogP contribution in [0.3, 0.4) is 0 Å². The van der Waals surface area contributed by atoms with Crippen molar-refractivity contribution in [2.24, 2.45) is 0 Å². The van der Waals surface area contributed by atoms with E-state index in [9.17, 15) is 9.90 Å². The van der Waals surface area contributed by atoms with Crippen molar-refractivity contribution in [1.82, 2.24) is 19.4 Å². The van der Waals surface area contributed by atoms with E-state index in [0.717, 1.165) is 31.0 Å². The van der Waals surface area contributed by atoms with Crippen molar-refractivity contribution in [3.63, 3.8) is 0 Å². The number of aromatic nitrogens is 3. The number of pyridine rings is 1. The first kappa shape index (κ1) is 18.4. The van der Waals surface area contributed by atoms with E-state index in [0.29, 0.717) is 19.5 Å². The zero-order chi connectivity index (χ0) is 18.6. The molecule has 7 heteroatoms. The molecule has 0 spiro atoms. The number of nitrogens with zero attached hydrogens (tertiary/aromatic N) is 5. The lowest BCUT2D eigenvalue weighted by molar-refractivity contribution is -0.134. The number of imidazole rings is 1. The number of anilines is 1. The van der Waals surface area contributed by atoms with Crippen LogP contribution in [0, 0.1) is 0 Å². The van der Waals surface area contributed by atoms with Crippen molar-refractivity contribution in [2.45, 2.75) is 38.3 Å². The molecule has 0 radical (unpaired) electrons. The van der Waals surface area contributed by atoms with Crippen molar-refractivity contribution in [3.05, 3.63) is 42.6 Å². The standard InChI is InChI=1S/C19H27N5O2/c1-3-16-21-10-12-23(16)13-18(25)22(2)14-19(26)8-6-11-24(15-19)17-7-4-5-9-20-17/h4-5,7,9-10,12,26H,3,6,8,11,13-15H2,1-2H3/t19-/m1/s1. The van der Waals surface area contributed by atoms with Crippen molar-refractivity contribution in [1.29, 1.82) is 0 Å². The highest BCUT2D eigenvalue weighted by atomic mass is 16.3. The van der Waals surface area contributed by atoms with E-state index >= 15 is 0 Å². The predicted molar refractivity (Wildman–Crippen MR) is 99.9 cm³/mol. The number of hydrogen-bond donors (Lipinski definition) is 1. The second-order valence-corrected chi connectivity index (χ2v) is 7.01. The highest BCUT2D eigenvalue weighted by Gasteiger charge is 2.35. The Labute approximate surface area is 154 Å². The second kappa shape index (κ2) is 7.86. The summed E-state index contributed by atoms with van der Waals surface area (Å²) >= 11 is 0. The summed E-state index contributed by atoms with van der Waals surface area (Å²) in [5, 5.41) is 11.1. The Bertz CT molecular complexity index is 733. The number of aliphatic hydroxyl groups is 1. The van der Waals surface area contributed by atoms with Crippen LogP contribution in [0.5, 0.6) is 0 Å². The minimum Gasteiger partial charge on any atom is -0.386 e. The molecule has 1 aliphatic rings. The Morgan fingerprint density at radius 3 is 2.92 bits per heavy atom. The first-order valence-electron chi connectivity index (χ1n) is 9.13. The number of likely N-dealkylation sites (N-methyl/N-ethyl adjacent to an activating group) is 1. The summed E-state index contributed by atoms with van der Waals surface area (Å²) < 4.78 is 1.87. The van der Waals surface area contributed by atoms with Gasteiger partial charge in [0.05, 0.1) is 12.1 Å². The largest absolute Gasteiger partial charge is 0.386 e. The van der Waals surface area contributed by atoms with E-state index in [2.05, 4.69) is 14.9 Å². The molecular weight excluding hydrogens is 330 g/mol. The third-order valence-electron chi connectivity index (χ3n) is 4.91. The van der Waals surface area contributed by atoms with Gasteiger partial charge in [0.2, 0.25) is 5.91 Å². The van der Waals surface area contributed by atoms with E-state index in [1.807, 2.05) is 35.9 Å². The number of aryl methyl sites for hydroxylation is 1. The Morgan fingerprint density at radius 1 is 1.35 bits per heavy atom. The molecule has 0 saturated carbocycles. The molecule has 1 amide bonds. The molecule has 1 N–H and O–H groups in total. The molecule has 2 aromatic rings. The van der Waals surface area contributed by atoms with Gasteiger partial charge in [-0.2, -0.15) is 0 Å². The van der Waals surface area contributed by atoms with Crippen LogP contribution in [0.1, 0.15) is 25.6 Å². The number of rotatable bonds is 6. The fourth-order valence-electron chi connectivity index (χ4n) is 3.57. The molecule has 140 valence electrons. The number of piperidine rings is 1. The minimum atomic E-state index is -0.928. The lowest BCUT2D eigenvalue weighted by Gasteiger charge is -2.41. The van der Waals surface area contributed by atoms with Crippen LogP contribution < -0.4 is 4.90 Å². The molecule has 3 rings (SSSR count). The molecule has 2 aromatic heterocycles. The first-order chi connectivity index (χ1) is 12.5. The van der Waals surface area contributed by atoms with Gasteiger partial charge in [0.15, 0.2) is 0 Å². The molecule has 3 heterocycles. The number of β-amino-alcohol motifs (C(OH)–C–C–N with tert-alkyl or cyclic N) is 1. The summed E-state index contributed by atoms with van der Waals surface area (Å²) in [6.07, 6.45) is 7.63. The van der Waals surface area contributed by atoms with Gasteiger partial charge in [-0.05, 0) is 25.0 Å². The molecule has 1 aliphatic heterocycles. The van der Waals surface area contributed by atoms with Gasteiger partial charge in [-0.1, -0.05) is 13.0 Å². The zero-order valence-corrected chi connectivity index (χ0v) is 15.5. The van der Waals surface area contributed by atoms with Crippen molar-refractivity contribution in [3.8, 4) is 0 Å². The quantitative estimate of drug-likeness (QED) is 0.844. The lowest BCUT2D eigenvalue weighted by Crippen LogP contribution is -2.55. The molecule has 1 atom stereocenters. The first-order valence-corrected chi connectivity index (χ1v) is 9.13. The summed E-state index contributed by atoms with van der Waals surface area (Å²) in [4.78, 5) is 24.9. The smallest absolute Gasteiger partial charge is 0.242 e. The van der Waals surface area contributed by atoms with E-state index in [-0.39, 0.29) is 12.5 Å². The molecule has 0 aromatic carbocycles. The highest BCUT2D eigenvalue weighted by Crippen LogP contribution is 2.25. The predicted octanol–water partition coefficient (Wildman–Crippen LogP) is 1.33. The van der Waals surface area contributed by atoms with Crippen LogP contribution in [0.25, 0.3) is 0 Å². The van der Waals surface area contributed by atoms with Crippen LogP contribution in [0.2, 0.25) is 0 Å². The van der Waals surface area contributed by atoms with Gasteiger partial charge in [0.1, 0.15) is 18.2 Å². The van der Waals surface area contributed by atoms with E-state index < -0.39 is 5.60 Å². The SMILES string of the molecule is CCc1nccn1CC(=O)N(C)C[C@]1(O)CCCN(c2ccccn2)C1. The summed E-state index contributed by atoms with van der Waals surface area (Å²) in [6, 6.07) is 5.78. The molecule has 1 fully saturated rings. The normalized spacial score (nSPS) is 20.2. The Kier molecular flexibility index (Phi) is 5.56. The van der Waals surface area contributed by atoms with Gasteiger partial charge < -0.3 is 19.5 Å². The van der Waals surface area contributed by atoms with Crippen LogP contribution in [-0.2, 0) is 17.8 Å². The van der Waals surface area contributed by atoms with Gasteiger partial charge in [-0.3, -0.25) is 4.79 Å². The number of amides is 1. The summed E-state index contributed by atoms with van der Waals surface area (Å²) in [5.41, 5.74) is -0.928. The van der Waals surface area contributed by atoms with Gasteiger partial charge in [0.25, 0.3) is 0 Å². The summed E-state index contributed by atoms with van der Waals surface area (Å²) in [5.74, 6) is 1.73. The average Bonchev–Trinajstić information content (AvgIpc) is 3.09. The number of hydrogen-bond acceptors (Lipinski definition) is 5. The van der Waals surface area contributed by atoms with Gasteiger partial charge >= 0.3 is 0 Å². The second-order valence-electron chi connectivity index (χ2n) is 7.01. The fourth-order valence-corrected chi connectivity index (χ4v) is 3.57. The van der Waals surface area contributed by atoms with Crippen LogP contribution in [0.15, 0.2) is 36.8 Å². The molecule has 0 aliphatic carbocycles. The molecular formula is C19H27N5O2. The van der Waals surface area contributed by atoms with Crippen LogP contribution >= 0.6 is 0 Å². The van der Waals surface area contributed by atoms with E-state index in [4.69, 9.17) is 0 Å². The maximum absolute atomic E-state index is 12.6. The zero-order valence-electron chi connectivity index (χ0n) is 15.5. The summed E-state index contributed by atoms with van der Waals surface area (Å²) in [7, 11) is 1.75. The molecule has 0 unspecified atom stereocenters. The minimum absolute atomic E-state index is 0.0268. The maximum Gasteiger partial charge on any atom is 0.242 e. The Morgan fingerprint density at radius 2 is 2.19 bits per heavy atom. The lowest BCUT2D eigenvalue weighted by atomic mass is 9.92. The average molecular weight is 357 g/mol. The van der Waals surface area contributed by atoms with Gasteiger partial charge in [-0.15, -0.1) is 0 Å². The molecule has 1 saturated heterocycles.